The standard InChI is InChI=1S/C21H18ClFN4O/c1-3-19(28)26-12-18-20(14-6-8-24-9-7-14)21(25-27(18)11-13(26)2)16-5-4-15(22)10-17(16)23/h3-10,13H,1,11-12H2,2H3/t13-/m0/s1. The zero-order valence-corrected chi connectivity index (χ0v) is 16.0. The molecule has 1 aromatic carbocycles. The lowest BCUT2D eigenvalue weighted by Gasteiger charge is -2.33. The number of fused-ring (bicyclic) bond motifs is 1. The minimum atomic E-state index is -0.440. The number of pyridine rings is 1. The van der Waals surface area contributed by atoms with Crippen LogP contribution >= 0.6 is 11.6 Å². The Bertz CT molecular complexity index is 1060. The van der Waals surface area contributed by atoms with Gasteiger partial charge in [-0.25, -0.2) is 4.39 Å². The number of rotatable bonds is 3. The van der Waals surface area contributed by atoms with Crippen LogP contribution in [0.2, 0.25) is 5.02 Å². The molecular weight excluding hydrogens is 379 g/mol. The van der Waals surface area contributed by atoms with Gasteiger partial charge in [0.25, 0.3) is 0 Å². The summed E-state index contributed by atoms with van der Waals surface area (Å²) in [6.07, 6.45) is 4.67. The Morgan fingerprint density at radius 3 is 2.75 bits per heavy atom. The molecule has 3 heterocycles. The van der Waals surface area contributed by atoms with Gasteiger partial charge in [0.1, 0.15) is 11.5 Å². The summed E-state index contributed by atoms with van der Waals surface area (Å²) in [6, 6.07) is 8.21. The number of benzene rings is 1. The Labute approximate surface area is 167 Å². The lowest BCUT2D eigenvalue weighted by atomic mass is 9.98. The van der Waals surface area contributed by atoms with Gasteiger partial charge in [0.2, 0.25) is 5.91 Å². The monoisotopic (exact) mass is 396 g/mol. The van der Waals surface area contributed by atoms with Crippen LogP contribution in [0.15, 0.2) is 55.4 Å². The predicted octanol–water partition coefficient (Wildman–Crippen LogP) is 4.32. The summed E-state index contributed by atoms with van der Waals surface area (Å²) < 4.78 is 16.6. The van der Waals surface area contributed by atoms with Crippen LogP contribution in [-0.2, 0) is 17.9 Å². The average Bonchev–Trinajstić information content (AvgIpc) is 3.05. The van der Waals surface area contributed by atoms with E-state index in [-0.39, 0.29) is 11.9 Å². The first-order valence-corrected chi connectivity index (χ1v) is 9.26. The summed E-state index contributed by atoms with van der Waals surface area (Å²) in [4.78, 5) is 18.1. The molecule has 0 spiro atoms. The SMILES string of the molecule is C=CC(=O)N1Cc2c(-c3ccncc3)c(-c3ccc(Cl)cc3F)nn2C[C@@H]1C. The number of carbonyl (C=O) groups is 1. The quantitative estimate of drug-likeness (QED) is 0.619. The van der Waals surface area contributed by atoms with E-state index in [0.29, 0.717) is 29.4 Å². The average molecular weight is 397 g/mol. The number of aromatic nitrogens is 3. The summed E-state index contributed by atoms with van der Waals surface area (Å²) in [5.74, 6) is -0.579. The zero-order valence-electron chi connectivity index (χ0n) is 15.3. The molecule has 5 nitrogen and oxygen atoms in total. The van der Waals surface area contributed by atoms with Crippen LogP contribution in [0.4, 0.5) is 4.39 Å². The molecule has 4 rings (SSSR count). The van der Waals surface area contributed by atoms with E-state index in [0.717, 1.165) is 16.8 Å². The van der Waals surface area contributed by atoms with E-state index in [4.69, 9.17) is 16.7 Å². The Kier molecular flexibility index (Phi) is 4.73. The Morgan fingerprint density at radius 2 is 2.07 bits per heavy atom. The van der Waals surface area contributed by atoms with Crippen molar-refractivity contribution >= 4 is 17.5 Å². The molecule has 1 amide bonds. The van der Waals surface area contributed by atoms with Crippen LogP contribution in [-0.4, -0.2) is 31.6 Å². The van der Waals surface area contributed by atoms with Gasteiger partial charge >= 0.3 is 0 Å². The third-order valence-corrected chi connectivity index (χ3v) is 5.20. The lowest BCUT2D eigenvalue weighted by molar-refractivity contribution is -0.129. The Balaban J connectivity index is 1.94. The van der Waals surface area contributed by atoms with E-state index in [1.807, 2.05) is 23.7 Å². The van der Waals surface area contributed by atoms with E-state index in [1.54, 1.807) is 29.4 Å². The highest BCUT2D eigenvalue weighted by Gasteiger charge is 2.31. The molecule has 1 aliphatic rings. The topological polar surface area (TPSA) is 51.0 Å². The van der Waals surface area contributed by atoms with E-state index in [1.165, 1.54) is 12.1 Å². The van der Waals surface area contributed by atoms with Crippen LogP contribution < -0.4 is 0 Å². The molecule has 0 saturated carbocycles. The third-order valence-electron chi connectivity index (χ3n) is 4.96. The highest BCUT2D eigenvalue weighted by Crippen LogP contribution is 2.38. The molecule has 0 saturated heterocycles. The molecule has 0 aliphatic carbocycles. The van der Waals surface area contributed by atoms with Crippen LogP contribution in [0.1, 0.15) is 12.6 Å². The molecule has 2 aromatic heterocycles. The second-order valence-corrected chi connectivity index (χ2v) is 7.17. The molecular formula is C21H18ClFN4O. The molecule has 3 aromatic rings. The number of amides is 1. The molecule has 7 heteroatoms. The van der Waals surface area contributed by atoms with Crippen molar-refractivity contribution < 1.29 is 9.18 Å². The molecule has 0 bridgehead atoms. The number of hydrogen-bond acceptors (Lipinski definition) is 3. The predicted molar refractivity (Wildman–Crippen MR) is 106 cm³/mol. The van der Waals surface area contributed by atoms with Crippen molar-refractivity contribution in [2.75, 3.05) is 0 Å². The fraction of sp³-hybridized carbons (Fsp3) is 0.190. The van der Waals surface area contributed by atoms with E-state index in [9.17, 15) is 9.18 Å². The maximum atomic E-state index is 14.7. The zero-order chi connectivity index (χ0) is 19.8. The van der Waals surface area contributed by atoms with Gasteiger partial charge in [-0.1, -0.05) is 18.2 Å². The van der Waals surface area contributed by atoms with Gasteiger partial charge in [0, 0.05) is 34.6 Å². The number of carbonyl (C=O) groups excluding carboxylic acids is 1. The molecule has 0 unspecified atom stereocenters. The smallest absolute Gasteiger partial charge is 0.246 e. The highest BCUT2D eigenvalue weighted by molar-refractivity contribution is 6.30. The van der Waals surface area contributed by atoms with E-state index < -0.39 is 5.82 Å². The second-order valence-electron chi connectivity index (χ2n) is 6.73. The van der Waals surface area contributed by atoms with Crippen LogP contribution in [0, 0.1) is 5.82 Å². The van der Waals surface area contributed by atoms with Crippen molar-refractivity contribution in [2.45, 2.75) is 26.1 Å². The number of halogens is 2. The van der Waals surface area contributed by atoms with Crippen molar-refractivity contribution in [1.29, 1.82) is 0 Å². The third kappa shape index (κ3) is 3.10. The summed E-state index contributed by atoms with van der Waals surface area (Å²) in [6.45, 7) is 6.44. The molecule has 142 valence electrons. The van der Waals surface area contributed by atoms with Gasteiger partial charge in [0.05, 0.1) is 18.8 Å². The molecule has 0 N–H and O–H groups in total. The van der Waals surface area contributed by atoms with Gasteiger partial charge in [0.15, 0.2) is 0 Å². The van der Waals surface area contributed by atoms with Crippen LogP contribution in [0.3, 0.4) is 0 Å². The Hall–Kier alpha value is -2.99. The maximum Gasteiger partial charge on any atom is 0.246 e. The van der Waals surface area contributed by atoms with Crippen molar-refractivity contribution in [3.05, 3.63) is 71.9 Å². The summed E-state index contributed by atoms with van der Waals surface area (Å²) in [5.41, 5.74) is 3.39. The largest absolute Gasteiger partial charge is 0.329 e. The normalized spacial score (nSPS) is 16.0. The lowest BCUT2D eigenvalue weighted by Crippen LogP contribution is -2.44. The molecule has 28 heavy (non-hydrogen) atoms. The van der Waals surface area contributed by atoms with Gasteiger partial charge in [-0.2, -0.15) is 5.10 Å². The van der Waals surface area contributed by atoms with Crippen LogP contribution in [0.5, 0.6) is 0 Å². The van der Waals surface area contributed by atoms with Crippen molar-refractivity contribution in [1.82, 2.24) is 19.7 Å². The molecule has 0 fully saturated rings. The van der Waals surface area contributed by atoms with Gasteiger partial charge < -0.3 is 4.90 Å². The van der Waals surface area contributed by atoms with Crippen molar-refractivity contribution in [3.63, 3.8) is 0 Å². The molecule has 1 atom stereocenters. The first-order chi connectivity index (χ1) is 13.5. The molecule has 1 aliphatic heterocycles. The van der Waals surface area contributed by atoms with Gasteiger partial charge in [-0.3, -0.25) is 14.5 Å². The van der Waals surface area contributed by atoms with Crippen molar-refractivity contribution in [3.8, 4) is 22.4 Å². The first-order valence-electron chi connectivity index (χ1n) is 8.88. The first kappa shape index (κ1) is 18.4. The summed E-state index contributed by atoms with van der Waals surface area (Å²) in [5, 5.41) is 5.03. The van der Waals surface area contributed by atoms with Crippen LogP contribution in [0.25, 0.3) is 22.4 Å². The highest BCUT2D eigenvalue weighted by atomic mass is 35.5. The van der Waals surface area contributed by atoms with Crippen molar-refractivity contribution in [2.24, 2.45) is 0 Å². The van der Waals surface area contributed by atoms with Gasteiger partial charge in [-0.15, -0.1) is 0 Å². The maximum absolute atomic E-state index is 14.7. The van der Waals surface area contributed by atoms with Gasteiger partial charge in [-0.05, 0) is 48.9 Å². The minimum absolute atomic E-state index is 0.0499. The minimum Gasteiger partial charge on any atom is -0.329 e. The summed E-state index contributed by atoms with van der Waals surface area (Å²) >= 11 is 5.92. The second kappa shape index (κ2) is 7.20. The number of nitrogens with zero attached hydrogens (tertiary/aromatic N) is 4. The number of hydrogen-bond donors (Lipinski definition) is 0. The fourth-order valence-corrected chi connectivity index (χ4v) is 3.74. The van der Waals surface area contributed by atoms with E-state index in [2.05, 4.69) is 11.6 Å². The summed E-state index contributed by atoms with van der Waals surface area (Å²) in [7, 11) is 0. The fourth-order valence-electron chi connectivity index (χ4n) is 3.58. The molecule has 0 radical (unpaired) electrons. The Morgan fingerprint density at radius 1 is 1.32 bits per heavy atom. The van der Waals surface area contributed by atoms with E-state index >= 15 is 0 Å².